The van der Waals surface area contributed by atoms with E-state index in [-0.39, 0.29) is 24.2 Å². The molecule has 5 rings (SSSR count). The molecule has 3 heterocycles. The molecule has 3 fully saturated rings. The van der Waals surface area contributed by atoms with Gasteiger partial charge in [-0.2, -0.15) is 5.26 Å². The fraction of sp³-hybridized carbons (Fsp3) is 0.600. The predicted molar refractivity (Wildman–Crippen MR) is 157 cm³/mol. The quantitative estimate of drug-likeness (QED) is 0.400. The summed E-state index contributed by atoms with van der Waals surface area (Å²) in [6, 6.07) is 10.4. The second-order valence-corrected chi connectivity index (χ2v) is 12.4. The fourth-order valence-electron chi connectivity index (χ4n) is 6.42. The number of carbonyl (C=O) groups excluding carboxylic acids is 1. The van der Waals surface area contributed by atoms with Crippen molar-refractivity contribution in [2.75, 3.05) is 64.3 Å². The molecule has 0 spiro atoms. The van der Waals surface area contributed by atoms with Crippen molar-refractivity contribution < 1.29 is 4.79 Å². The summed E-state index contributed by atoms with van der Waals surface area (Å²) >= 11 is 3.54. The number of rotatable bonds is 9. The topological polar surface area (TPSA) is 79.6 Å². The largest absolute Gasteiger partial charge is 0.345 e. The van der Waals surface area contributed by atoms with Crippen LogP contribution < -0.4 is 4.90 Å². The monoisotopic (exact) mass is 593 g/mol. The molecule has 208 valence electrons. The van der Waals surface area contributed by atoms with E-state index in [1.807, 2.05) is 18.2 Å². The van der Waals surface area contributed by atoms with Crippen LogP contribution in [0.5, 0.6) is 0 Å². The van der Waals surface area contributed by atoms with Gasteiger partial charge in [0.2, 0.25) is 5.82 Å². The molecule has 8 nitrogen and oxygen atoms in total. The van der Waals surface area contributed by atoms with Gasteiger partial charge in [-0.05, 0) is 66.7 Å². The summed E-state index contributed by atoms with van der Waals surface area (Å²) in [6.45, 7) is 9.35. The lowest BCUT2D eigenvalue weighted by Crippen LogP contribution is -2.48. The van der Waals surface area contributed by atoms with E-state index in [1.165, 1.54) is 38.0 Å². The van der Waals surface area contributed by atoms with E-state index in [4.69, 9.17) is 0 Å². The average Bonchev–Trinajstić information content (AvgIpc) is 3.48. The van der Waals surface area contributed by atoms with Crippen LogP contribution in [0.1, 0.15) is 60.3 Å². The second kappa shape index (κ2) is 13.3. The average molecular weight is 595 g/mol. The van der Waals surface area contributed by atoms with E-state index in [0.717, 1.165) is 69.9 Å². The zero-order chi connectivity index (χ0) is 27.2. The number of Topliss-reactive ketones (excluding diaryl/α,β-unsaturated/α-hetero) is 1. The lowest BCUT2D eigenvalue weighted by atomic mass is 9.97. The molecule has 39 heavy (non-hydrogen) atoms. The molecule has 2 saturated heterocycles. The highest BCUT2D eigenvalue weighted by molar-refractivity contribution is 9.10. The smallest absolute Gasteiger partial charge is 0.234 e. The van der Waals surface area contributed by atoms with Gasteiger partial charge in [0.25, 0.3) is 0 Å². The molecule has 1 saturated carbocycles. The van der Waals surface area contributed by atoms with Crippen molar-refractivity contribution in [1.82, 2.24) is 24.7 Å². The van der Waals surface area contributed by atoms with Gasteiger partial charge in [-0.25, -0.2) is 9.97 Å². The predicted octanol–water partition coefficient (Wildman–Crippen LogP) is 4.20. The van der Waals surface area contributed by atoms with Crippen LogP contribution in [0.3, 0.4) is 0 Å². The Morgan fingerprint density at radius 3 is 2.46 bits per heavy atom. The van der Waals surface area contributed by atoms with E-state index in [2.05, 4.69) is 64.7 Å². The van der Waals surface area contributed by atoms with Gasteiger partial charge in [-0.3, -0.25) is 9.69 Å². The van der Waals surface area contributed by atoms with Crippen molar-refractivity contribution in [1.29, 1.82) is 5.26 Å². The van der Waals surface area contributed by atoms with Crippen LogP contribution in [0, 0.1) is 17.2 Å². The Bertz CT molecular complexity index is 1150. The number of likely N-dealkylation sites (tertiary alicyclic amines) is 1. The van der Waals surface area contributed by atoms with Gasteiger partial charge in [0.15, 0.2) is 5.78 Å². The molecule has 1 atom stereocenters. The maximum Gasteiger partial charge on any atom is 0.234 e. The standard InChI is InChI=1S/C30H40BrN7O/c1-35-12-4-5-24(19-35)21-37-15-13-36(14-16-37)20-23-8-10-25(11-9-23)28(39)22-38(26-6-2-3-7-26)30-27(31)18-33-29(17-32)34-30/h8-11,18,24,26H,2-7,12-16,19-22H2,1H3. The van der Waals surface area contributed by atoms with Crippen molar-refractivity contribution in [2.24, 2.45) is 5.92 Å². The Balaban J connectivity index is 1.16. The minimum Gasteiger partial charge on any atom is -0.345 e. The van der Waals surface area contributed by atoms with Gasteiger partial charge in [0.05, 0.1) is 11.0 Å². The third-order valence-corrected chi connectivity index (χ3v) is 9.12. The fourth-order valence-corrected chi connectivity index (χ4v) is 6.84. The van der Waals surface area contributed by atoms with Crippen molar-refractivity contribution in [3.8, 4) is 6.07 Å². The summed E-state index contributed by atoms with van der Waals surface area (Å²) in [6.07, 6.45) is 8.64. The molecule has 0 bridgehead atoms. The van der Waals surface area contributed by atoms with Gasteiger partial charge < -0.3 is 14.7 Å². The number of nitrogens with zero attached hydrogens (tertiary/aromatic N) is 7. The van der Waals surface area contributed by atoms with Gasteiger partial charge in [-0.1, -0.05) is 37.1 Å². The first-order valence-corrected chi connectivity index (χ1v) is 15.2. The number of piperidine rings is 1. The van der Waals surface area contributed by atoms with E-state index in [9.17, 15) is 10.1 Å². The Hall–Kier alpha value is -2.38. The molecule has 2 aromatic rings. The molecule has 2 aliphatic heterocycles. The lowest BCUT2D eigenvalue weighted by molar-refractivity contribution is 0.0929. The van der Waals surface area contributed by atoms with Crippen LogP contribution >= 0.6 is 15.9 Å². The van der Waals surface area contributed by atoms with Crippen molar-refractivity contribution in [2.45, 2.75) is 51.1 Å². The minimum absolute atomic E-state index is 0.0689. The molecule has 0 N–H and O–H groups in total. The number of nitriles is 1. The van der Waals surface area contributed by atoms with Crippen LogP contribution in [-0.4, -0.2) is 95.9 Å². The SMILES string of the molecule is CN1CCCC(CN2CCN(Cc3ccc(C(=O)CN(c4nc(C#N)ncc4Br)C4CCCC4)cc3)CC2)C1. The zero-order valence-electron chi connectivity index (χ0n) is 23.1. The zero-order valence-corrected chi connectivity index (χ0v) is 24.7. The maximum absolute atomic E-state index is 13.4. The summed E-state index contributed by atoms with van der Waals surface area (Å²) in [5.74, 6) is 1.64. The second-order valence-electron chi connectivity index (χ2n) is 11.5. The molecular weight excluding hydrogens is 554 g/mol. The van der Waals surface area contributed by atoms with Crippen molar-refractivity contribution in [3.63, 3.8) is 0 Å². The number of carbonyl (C=O) groups is 1. The number of hydrogen-bond donors (Lipinski definition) is 0. The number of halogens is 1. The number of anilines is 1. The lowest BCUT2D eigenvalue weighted by Gasteiger charge is -2.38. The van der Waals surface area contributed by atoms with Crippen LogP contribution in [0.2, 0.25) is 0 Å². The van der Waals surface area contributed by atoms with Crippen molar-refractivity contribution in [3.05, 3.63) is 51.9 Å². The molecule has 1 aliphatic carbocycles. The van der Waals surface area contributed by atoms with E-state index >= 15 is 0 Å². The van der Waals surface area contributed by atoms with Gasteiger partial charge in [0.1, 0.15) is 11.9 Å². The summed E-state index contributed by atoms with van der Waals surface area (Å²) in [4.78, 5) is 31.6. The molecule has 1 aromatic carbocycles. The normalized spacial score (nSPS) is 21.6. The number of ketones is 1. The first kappa shape index (κ1) is 28.2. The van der Waals surface area contributed by atoms with Crippen LogP contribution in [-0.2, 0) is 6.54 Å². The molecule has 0 amide bonds. The first-order valence-electron chi connectivity index (χ1n) is 14.4. The van der Waals surface area contributed by atoms with E-state index in [1.54, 1.807) is 6.20 Å². The maximum atomic E-state index is 13.4. The van der Waals surface area contributed by atoms with Crippen LogP contribution in [0.4, 0.5) is 5.82 Å². The molecule has 1 unspecified atom stereocenters. The highest BCUT2D eigenvalue weighted by atomic mass is 79.9. The summed E-state index contributed by atoms with van der Waals surface area (Å²) in [7, 11) is 2.25. The number of hydrogen-bond acceptors (Lipinski definition) is 8. The number of aromatic nitrogens is 2. The molecule has 1 aromatic heterocycles. The Morgan fingerprint density at radius 1 is 1.05 bits per heavy atom. The summed E-state index contributed by atoms with van der Waals surface area (Å²) < 4.78 is 0.711. The van der Waals surface area contributed by atoms with E-state index < -0.39 is 0 Å². The number of benzene rings is 1. The van der Waals surface area contributed by atoms with Crippen LogP contribution in [0.25, 0.3) is 0 Å². The minimum atomic E-state index is 0.0689. The molecule has 0 radical (unpaired) electrons. The van der Waals surface area contributed by atoms with E-state index in [0.29, 0.717) is 10.3 Å². The first-order chi connectivity index (χ1) is 19.0. The van der Waals surface area contributed by atoms with Gasteiger partial charge in [0, 0.05) is 63.6 Å². The van der Waals surface area contributed by atoms with Crippen LogP contribution in [0.15, 0.2) is 34.9 Å². The Labute approximate surface area is 241 Å². The highest BCUT2D eigenvalue weighted by Gasteiger charge is 2.28. The molecule has 3 aliphatic rings. The number of piperazine rings is 1. The third kappa shape index (κ3) is 7.43. The van der Waals surface area contributed by atoms with Gasteiger partial charge in [-0.15, -0.1) is 0 Å². The van der Waals surface area contributed by atoms with Crippen molar-refractivity contribution >= 4 is 27.5 Å². The van der Waals surface area contributed by atoms with Gasteiger partial charge >= 0.3 is 0 Å². The Morgan fingerprint density at radius 2 is 1.77 bits per heavy atom. The molecule has 9 heteroatoms. The molecular formula is C30H40BrN7O. The summed E-state index contributed by atoms with van der Waals surface area (Å²) in [5, 5.41) is 9.31. The third-order valence-electron chi connectivity index (χ3n) is 8.56. The summed E-state index contributed by atoms with van der Waals surface area (Å²) in [5.41, 5.74) is 1.97. The Kier molecular flexibility index (Phi) is 9.62. The highest BCUT2D eigenvalue weighted by Crippen LogP contribution is 2.31.